The normalized spacial score (nSPS) is 29.3. The fraction of sp³-hybridized carbons (Fsp3) is 1.00. The summed E-state index contributed by atoms with van der Waals surface area (Å²) in [5.41, 5.74) is -4.13. The monoisotopic (exact) mass is 334 g/mol. The minimum atomic E-state index is -5.52. The minimum Gasteiger partial charge on any atom is -0.356 e. The zero-order valence-electron chi connectivity index (χ0n) is 12.3. The van der Waals surface area contributed by atoms with E-state index in [9.17, 15) is 26.3 Å². The van der Waals surface area contributed by atoms with Gasteiger partial charge in [-0.1, -0.05) is 6.42 Å². The highest BCUT2D eigenvalue weighted by Gasteiger charge is 2.73. The van der Waals surface area contributed by atoms with Gasteiger partial charge in [0, 0.05) is 6.61 Å². The highest BCUT2D eigenvalue weighted by atomic mass is 19.4. The fourth-order valence-corrected chi connectivity index (χ4v) is 3.84. The van der Waals surface area contributed by atoms with Crippen LogP contribution in [0, 0.1) is 17.8 Å². The van der Waals surface area contributed by atoms with Crippen molar-refractivity contribution in [1.29, 1.82) is 0 Å². The second-order valence-electron chi connectivity index (χ2n) is 6.22. The van der Waals surface area contributed by atoms with Gasteiger partial charge in [-0.25, -0.2) is 0 Å². The largest absolute Gasteiger partial charge is 0.426 e. The third kappa shape index (κ3) is 3.22. The Hall–Kier alpha value is -0.500. The van der Waals surface area contributed by atoms with Crippen LogP contribution in [0.2, 0.25) is 0 Å². The number of rotatable bonds is 6. The molecule has 0 aromatic rings. The van der Waals surface area contributed by atoms with Crippen molar-refractivity contribution in [3.05, 3.63) is 0 Å². The summed E-state index contributed by atoms with van der Waals surface area (Å²) < 4.78 is 88.6. The smallest absolute Gasteiger partial charge is 0.356 e. The molecule has 2 nitrogen and oxygen atoms in total. The Kier molecular flexibility index (Phi) is 5.02. The van der Waals surface area contributed by atoms with Crippen LogP contribution in [0.5, 0.6) is 0 Å². The molecule has 0 spiro atoms. The van der Waals surface area contributed by atoms with Gasteiger partial charge in [0.05, 0.1) is 0 Å². The molecule has 22 heavy (non-hydrogen) atoms. The molecule has 2 aliphatic rings. The SMILES string of the molecule is CCOCOC(CC1CC2CCC1C2)(C(F)(F)F)C(F)(F)F. The summed E-state index contributed by atoms with van der Waals surface area (Å²) in [6.45, 7) is 0.443. The quantitative estimate of drug-likeness (QED) is 0.399. The van der Waals surface area contributed by atoms with Gasteiger partial charge in [-0.2, -0.15) is 26.3 Å². The molecule has 2 saturated carbocycles. The van der Waals surface area contributed by atoms with Gasteiger partial charge in [0.2, 0.25) is 0 Å². The van der Waals surface area contributed by atoms with Gasteiger partial charge in [-0.15, -0.1) is 0 Å². The van der Waals surface area contributed by atoms with E-state index in [4.69, 9.17) is 0 Å². The van der Waals surface area contributed by atoms with Gasteiger partial charge in [-0.05, 0) is 50.4 Å². The van der Waals surface area contributed by atoms with Crippen LogP contribution >= 0.6 is 0 Å². The van der Waals surface area contributed by atoms with Crippen molar-refractivity contribution >= 4 is 0 Å². The summed E-state index contributed by atoms with van der Waals surface area (Å²) in [7, 11) is 0. The summed E-state index contributed by atoms with van der Waals surface area (Å²) >= 11 is 0. The fourth-order valence-electron chi connectivity index (χ4n) is 3.84. The average Bonchev–Trinajstić information content (AvgIpc) is 2.97. The lowest BCUT2D eigenvalue weighted by atomic mass is 9.79. The molecule has 3 atom stereocenters. The maximum absolute atomic E-state index is 13.3. The Morgan fingerprint density at radius 3 is 2.00 bits per heavy atom. The van der Waals surface area contributed by atoms with Gasteiger partial charge in [-0.3, -0.25) is 0 Å². The van der Waals surface area contributed by atoms with Crippen molar-refractivity contribution in [3.8, 4) is 0 Å². The molecule has 0 radical (unpaired) electrons. The number of hydrogen-bond acceptors (Lipinski definition) is 2. The molecule has 0 aromatic carbocycles. The van der Waals surface area contributed by atoms with Crippen molar-refractivity contribution in [2.45, 2.75) is 57.0 Å². The lowest BCUT2D eigenvalue weighted by molar-refractivity contribution is -0.398. The predicted octanol–water partition coefficient (Wildman–Crippen LogP) is 4.69. The standard InChI is InChI=1S/C14H20F6O2/c1-2-21-8-22-12(13(15,16)17,14(18,19)20)7-11-6-9-3-4-10(11)5-9/h9-11H,2-8H2,1H3. The number of alkyl halides is 6. The Balaban J connectivity index is 2.22. The second-order valence-corrected chi connectivity index (χ2v) is 6.22. The third-order valence-corrected chi connectivity index (χ3v) is 4.94. The summed E-state index contributed by atoms with van der Waals surface area (Å²) in [6, 6.07) is 0. The third-order valence-electron chi connectivity index (χ3n) is 4.94. The molecule has 0 aliphatic heterocycles. The second kappa shape index (κ2) is 6.19. The predicted molar refractivity (Wildman–Crippen MR) is 66.0 cm³/mol. The number of fused-ring (bicyclic) bond motifs is 2. The summed E-state index contributed by atoms with van der Waals surface area (Å²) in [5, 5.41) is 0. The number of ether oxygens (including phenoxy) is 2. The van der Waals surface area contributed by atoms with Crippen LogP contribution in [0.15, 0.2) is 0 Å². The van der Waals surface area contributed by atoms with E-state index < -0.39 is 37.1 Å². The lowest BCUT2D eigenvalue weighted by Gasteiger charge is -2.40. The van der Waals surface area contributed by atoms with Crippen LogP contribution in [0.3, 0.4) is 0 Å². The van der Waals surface area contributed by atoms with E-state index in [1.807, 2.05) is 0 Å². The molecule has 3 unspecified atom stereocenters. The molecule has 2 fully saturated rings. The zero-order valence-corrected chi connectivity index (χ0v) is 12.3. The van der Waals surface area contributed by atoms with Crippen molar-refractivity contribution in [2.75, 3.05) is 13.4 Å². The molecule has 0 amide bonds. The lowest BCUT2D eigenvalue weighted by Crippen LogP contribution is -2.60. The van der Waals surface area contributed by atoms with Gasteiger partial charge in [0.25, 0.3) is 5.60 Å². The Morgan fingerprint density at radius 1 is 0.955 bits per heavy atom. The Labute approximate surface area is 125 Å². The molecule has 2 rings (SSSR count). The highest BCUT2D eigenvalue weighted by Crippen LogP contribution is 2.56. The number of halogens is 6. The molecular formula is C14H20F6O2. The van der Waals surface area contributed by atoms with Gasteiger partial charge < -0.3 is 9.47 Å². The van der Waals surface area contributed by atoms with E-state index in [-0.39, 0.29) is 18.4 Å². The maximum atomic E-state index is 13.3. The van der Waals surface area contributed by atoms with Crippen molar-refractivity contribution in [3.63, 3.8) is 0 Å². The van der Waals surface area contributed by atoms with Gasteiger partial charge >= 0.3 is 12.4 Å². The van der Waals surface area contributed by atoms with Crippen LogP contribution in [-0.2, 0) is 9.47 Å². The molecule has 0 saturated heterocycles. The van der Waals surface area contributed by atoms with Crippen LogP contribution in [0.4, 0.5) is 26.3 Å². The van der Waals surface area contributed by atoms with E-state index in [0.29, 0.717) is 12.8 Å². The topological polar surface area (TPSA) is 18.5 Å². The summed E-state index contributed by atoms with van der Waals surface area (Å²) in [6.07, 6.45) is -9.32. The van der Waals surface area contributed by atoms with E-state index in [0.717, 1.165) is 12.8 Å². The van der Waals surface area contributed by atoms with E-state index >= 15 is 0 Å². The highest BCUT2D eigenvalue weighted by molar-refractivity contribution is 5.01. The van der Waals surface area contributed by atoms with E-state index in [2.05, 4.69) is 9.47 Å². The minimum absolute atomic E-state index is 0.0140. The van der Waals surface area contributed by atoms with Crippen LogP contribution < -0.4 is 0 Å². The molecule has 0 N–H and O–H groups in total. The molecule has 2 aliphatic carbocycles. The molecular weight excluding hydrogens is 314 g/mol. The van der Waals surface area contributed by atoms with Crippen molar-refractivity contribution < 1.29 is 35.8 Å². The van der Waals surface area contributed by atoms with Gasteiger partial charge in [0.15, 0.2) is 0 Å². The first-order chi connectivity index (χ1) is 10.1. The summed E-state index contributed by atoms with van der Waals surface area (Å²) in [4.78, 5) is 0. The first-order valence-corrected chi connectivity index (χ1v) is 7.46. The van der Waals surface area contributed by atoms with Crippen LogP contribution in [0.1, 0.15) is 39.0 Å². The zero-order chi connectivity index (χ0) is 16.6. The molecule has 0 heterocycles. The first kappa shape index (κ1) is 17.8. The van der Waals surface area contributed by atoms with Crippen molar-refractivity contribution in [1.82, 2.24) is 0 Å². The summed E-state index contributed by atoms with van der Waals surface area (Å²) in [5.74, 6) is -0.380. The van der Waals surface area contributed by atoms with E-state index in [1.165, 1.54) is 6.92 Å². The molecule has 130 valence electrons. The van der Waals surface area contributed by atoms with E-state index in [1.54, 1.807) is 0 Å². The van der Waals surface area contributed by atoms with Crippen LogP contribution in [0.25, 0.3) is 0 Å². The number of hydrogen-bond donors (Lipinski definition) is 0. The molecule has 2 bridgehead atoms. The Bertz CT molecular complexity index is 365. The van der Waals surface area contributed by atoms with Crippen LogP contribution in [-0.4, -0.2) is 31.4 Å². The maximum Gasteiger partial charge on any atom is 0.426 e. The van der Waals surface area contributed by atoms with Gasteiger partial charge in [0.1, 0.15) is 6.79 Å². The molecule has 0 aromatic heterocycles. The Morgan fingerprint density at radius 2 is 1.59 bits per heavy atom. The molecule has 8 heteroatoms. The first-order valence-electron chi connectivity index (χ1n) is 7.46. The van der Waals surface area contributed by atoms with Crippen molar-refractivity contribution in [2.24, 2.45) is 17.8 Å². The average molecular weight is 334 g/mol.